The summed E-state index contributed by atoms with van der Waals surface area (Å²) in [6.45, 7) is 15.6. The molecule has 0 unspecified atom stereocenters. The molecule has 0 amide bonds. The van der Waals surface area contributed by atoms with Crippen molar-refractivity contribution in [2.24, 2.45) is 0 Å². The van der Waals surface area contributed by atoms with Crippen LogP contribution in [-0.2, 0) is 0 Å². The number of rotatable bonds is 4. The standard InChI is InChI=1S/C42H17F5N6/c1-49-26-16-14-23(15-17-26)40-41(22-12-10-21(20-48)11-13-22)53-42-30(52-40)19-29(50-2)33-32(42)27-8-3-4-9-28(27)51-39(33)25-7-5-6-24(18-25)31-34(43)36(45)38(47)37(46)35(31)44/h3-19H. The third-order valence-corrected chi connectivity index (χ3v) is 8.89. The molecule has 0 fully saturated rings. The van der Waals surface area contributed by atoms with Crippen LogP contribution in [0.1, 0.15) is 5.56 Å². The highest BCUT2D eigenvalue weighted by Crippen LogP contribution is 2.44. The zero-order chi connectivity index (χ0) is 37.0. The summed E-state index contributed by atoms with van der Waals surface area (Å²) in [6.07, 6.45) is 0. The van der Waals surface area contributed by atoms with Gasteiger partial charge >= 0.3 is 0 Å². The number of para-hydroxylation sites is 1. The van der Waals surface area contributed by atoms with Gasteiger partial charge in [0.05, 0.1) is 64.0 Å². The van der Waals surface area contributed by atoms with Crippen LogP contribution in [0.4, 0.5) is 33.3 Å². The number of halogens is 5. The summed E-state index contributed by atoms with van der Waals surface area (Å²) in [5, 5.41) is 10.9. The van der Waals surface area contributed by atoms with Crippen LogP contribution in [0.25, 0.3) is 87.3 Å². The fraction of sp³-hybridized carbons (Fsp3) is 0. The van der Waals surface area contributed by atoms with Crippen LogP contribution in [0.15, 0.2) is 103 Å². The summed E-state index contributed by atoms with van der Waals surface area (Å²) in [4.78, 5) is 22.4. The smallest absolute Gasteiger partial charge is 0.200 e. The van der Waals surface area contributed by atoms with Crippen molar-refractivity contribution in [2.45, 2.75) is 0 Å². The number of aromatic nitrogens is 3. The highest BCUT2D eigenvalue weighted by atomic mass is 19.2. The number of fused-ring (bicyclic) bond motifs is 5. The van der Waals surface area contributed by atoms with Crippen molar-refractivity contribution in [3.63, 3.8) is 0 Å². The predicted molar refractivity (Wildman–Crippen MR) is 191 cm³/mol. The molecule has 0 aliphatic heterocycles. The molecule has 6 nitrogen and oxygen atoms in total. The molecule has 0 saturated heterocycles. The van der Waals surface area contributed by atoms with Crippen LogP contribution in [0.3, 0.4) is 0 Å². The molecular weight excluding hydrogens is 683 g/mol. The van der Waals surface area contributed by atoms with Gasteiger partial charge in [-0.15, -0.1) is 0 Å². The second-order valence-corrected chi connectivity index (χ2v) is 11.9. The number of nitrogens with zero attached hydrogens (tertiary/aromatic N) is 6. The van der Waals surface area contributed by atoms with E-state index in [0.717, 1.165) is 0 Å². The van der Waals surface area contributed by atoms with Gasteiger partial charge in [-0.25, -0.2) is 46.6 Å². The van der Waals surface area contributed by atoms with E-state index in [-0.39, 0.29) is 22.5 Å². The lowest BCUT2D eigenvalue weighted by molar-refractivity contribution is 0.381. The van der Waals surface area contributed by atoms with Crippen molar-refractivity contribution in [2.75, 3.05) is 0 Å². The maximum Gasteiger partial charge on any atom is 0.200 e. The van der Waals surface area contributed by atoms with Gasteiger partial charge in [0, 0.05) is 27.3 Å². The summed E-state index contributed by atoms with van der Waals surface area (Å²) in [7, 11) is 0. The third-order valence-electron chi connectivity index (χ3n) is 8.89. The molecule has 8 rings (SSSR count). The van der Waals surface area contributed by atoms with Crippen molar-refractivity contribution in [1.29, 1.82) is 5.26 Å². The molecule has 250 valence electrons. The van der Waals surface area contributed by atoms with E-state index in [9.17, 15) is 27.2 Å². The Bertz CT molecular complexity index is 2950. The van der Waals surface area contributed by atoms with Gasteiger partial charge in [-0.3, -0.25) is 0 Å². The van der Waals surface area contributed by atoms with E-state index in [0.29, 0.717) is 66.5 Å². The Kier molecular flexibility index (Phi) is 7.79. The zero-order valence-corrected chi connectivity index (χ0v) is 26.9. The lowest BCUT2D eigenvalue weighted by Gasteiger charge is -2.17. The summed E-state index contributed by atoms with van der Waals surface area (Å²) in [5.74, 6) is -10.4. The number of hydrogen-bond acceptors (Lipinski definition) is 4. The van der Waals surface area contributed by atoms with Crippen molar-refractivity contribution in [3.05, 3.63) is 161 Å². The lowest BCUT2D eigenvalue weighted by atomic mass is 9.94. The molecule has 2 aromatic heterocycles. The number of nitriles is 1. The zero-order valence-electron chi connectivity index (χ0n) is 26.9. The molecule has 6 aromatic carbocycles. The fourth-order valence-corrected chi connectivity index (χ4v) is 6.42. The molecule has 0 spiro atoms. The van der Waals surface area contributed by atoms with Crippen molar-refractivity contribution in [1.82, 2.24) is 15.0 Å². The average Bonchev–Trinajstić information content (AvgIpc) is 3.21. The second-order valence-electron chi connectivity index (χ2n) is 11.9. The van der Waals surface area contributed by atoms with Crippen molar-refractivity contribution in [3.8, 4) is 51.0 Å². The van der Waals surface area contributed by atoms with E-state index in [2.05, 4.69) is 15.8 Å². The third kappa shape index (κ3) is 5.26. The molecule has 8 aromatic rings. The molecule has 11 heteroatoms. The first-order chi connectivity index (χ1) is 25.7. The largest absolute Gasteiger partial charge is 0.248 e. The van der Waals surface area contributed by atoms with Gasteiger partial charge in [0.25, 0.3) is 0 Å². The topological polar surface area (TPSA) is 71.2 Å². The molecule has 0 saturated carbocycles. The first-order valence-corrected chi connectivity index (χ1v) is 15.8. The summed E-state index contributed by atoms with van der Waals surface area (Å²) in [6, 6.07) is 29.9. The van der Waals surface area contributed by atoms with Gasteiger partial charge in [0.2, 0.25) is 5.82 Å². The van der Waals surface area contributed by atoms with Gasteiger partial charge in [-0.2, -0.15) is 5.26 Å². The Morgan fingerprint density at radius 1 is 0.528 bits per heavy atom. The van der Waals surface area contributed by atoms with E-state index in [1.54, 1.807) is 78.9 Å². The summed E-state index contributed by atoms with van der Waals surface area (Å²) >= 11 is 0. The van der Waals surface area contributed by atoms with Gasteiger partial charge in [0.1, 0.15) is 0 Å². The highest BCUT2D eigenvalue weighted by molar-refractivity contribution is 6.25. The lowest BCUT2D eigenvalue weighted by Crippen LogP contribution is -2.04. The molecule has 2 heterocycles. The Labute approximate surface area is 297 Å². The Hall–Kier alpha value is -7.55. The maximum absolute atomic E-state index is 15.0. The van der Waals surface area contributed by atoms with E-state index in [1.165, 1.54) is 18.2 Å². The van der Waals surface area contributed by atoms with Gasteiger partial charge < -0.3 is 0 Å². The normalized spacial score (nSPS) is 11.1. The quantitative estimate of drug-likeness (QED) is 0.0602. The molecule has 0 aliphatic rings. The molecule has 0 atom stereocenters. The number of benzene rings is 6. The Balaban J connectivity index is 1.47. The van der Waals surface area contributed by atoms with Crippen LogP contribution in [0.2, 0.25) is 0 Å². The van der Waals surface area contributed by atoms with Gasteiger partial charge in [0.15, 0.2) is 34.6 Å². The van der Waals surface area contributed by atoms with Crippen LogP contribution < -0.4 is 0 Å². The Morgan fingerprint density at radius 2 is 1.13 bits per heavy atom. The molecule has 0 N–H and O–H groups in total. The molecule has 0 bridgehead atoms. The molecule has 0 aliphatic carbocycles. The monoisotopic (exact) mass is 700 g/mol. The number of hydrogen-bond donors (Lipinski definition) is 0. The van der Waals surface area contributed by atoms with Gasteiger partial charge in [-0.1, -0.05) is 72.8 Å². The average molecular weight is 701 g/mol. The first kappa shape index (κ1) is 32.6. The highest BCUT2D eigenvalue weighted by Gasteiger charge is 2.27. The van der Waals surface area contributed by atoms with Crippen molar-refractivity contribution < 1.29 is 22.0 Å². The Morgan fingerprint density at radius 3 is 1.79 bits per heavy atom. The fourth-order valence-electron chi connectivity index (χ4n) is 6.42. The van der Waals surface area contributed by atoms with Crippen molar-refractivity contribution >= 4 is 44.1 Å². The minimum Gasteiger partial charge on any atom is -0.248 e. The molecule has 0 radical (unpaired) electrons. The SMILES string of the molecule is [C-]#[N+]c1ccc(-c2nc3cc([N+]#[C-])c4c(-c5cccc(-c6c(F)c(F)c(F)c(F)c6F)c5)nc5ccccc5c4c3nc2-c2ccc(C#N)cc2)cc1. The van der Waals surface area contributed by atoms with E-state index >= 15 is 0 Å². The van der Waals surface area contributed by atoms with Crippen LogP contribution in [0.5, 0.6) is 0 Å². The van der Waals surface area contributed by atoms with Crippen LogP contribution >= 0.6 is 0 Å². The van der Waals surface area contributed by atoms with E-state index < -0.39 is 34.6 Å². The first-order valence-electron chi connectivity index (χ1n) is 15.8. The minimum atomic E-state index is -2.26. The summed E-state index contributed by atoms with van der Waals surface area (Å²) in [5.41, 5.74) is 3.48. The molecular formula is C42H17F5N6. The summed E-state index contributed by atoms with van der Waals surface area (Å²) < 4.78 is 72.4. The van der Waals surface area contributed by atoms with Gasteiger partial charge in [-0.05, 0) is 41.5 Å². The van der Waals surface area contributed by atoms with E-state index in [1.807, 2.05) is 6.07 Å². The maximum atomic E-state index is 15.0. The van der Waals surface area contributed by atoms with E-state index in [4.69, 9.17) is 28.1 Å². The predicted octanol–water partition coefficient (Wildman–Crippen LogP) is 11.7. The molecule has 53 heavy (non-hydrogen) atoms. The van der Waals surface area contributed by atoms with Crippen LogP contribution in [0, 0.1) is 53.6 Å². The van der Waals surface area contributed by atoms with Crippen LogP contribution in [-0.4, -0.2) is 15.0 Å². The second kappa shape index (κ2) is 12.6. The number of pyridine rings is 1. The minimum absolute atomic E-state index is 0.122.